The minimum atomic E-state index is -3.73. The third kappa shape index (κ3) is 4.14. The molecule has 1 N–H and O–H groups in total. The van der Waals surface area contributed by atoms with E-state index in [4.69, 9.17) is 0 Å². The first-order valence-corrected chi connectivity index (χ1v) is 11.9. The highest BCUT2D eigenvalue weighted by molar-refractivity contribution is 7.89. The third-order valence-corrected chi connectivity index (χ3v) is 8.28. The number of thiophene rings is 1. The van der Waals surface area contributed by atoms with Gasteiger partial charge in [0.15, 0.2) is 0 Å². The van der Waals surface area contributed by atoms with Gasteiger partial charge in [0.05, 0.1) is 16.9 Å². The fourth-order valence-corrected chi connectivity index (χ4v) is 6.11. The number of nitrogens with one attached hydrogen (secondary N) is 1. The van der Waals surface area contributed by atoms with Crippen LogP contribution in [0.2, 0.25) is 0 Å². The lowest BCUT2D eigenvalue weighted by Gasteiger charge is -2.32. The van der Waals surface area contributed by atoms with Gasteiger partial charge in [-0.15, -0.1) is 11.3 Å². The van der Waals surface area contributed by atoms with Crippen LogP contribution in [0.25, 0.3) is 0 Å². The smallest absolute Gasteiger partial charge is 0.243 e. The summed E-state index contributed by atoms with van der Waals surface area (Å²) in [7, 11) is -3.73. The Morgan fingerprint density at radius 2 is 1.93 bits per heavy atom. The summed E-state index contributed by atoms with van der Waals surface area (Å²) in [6.07, 6.45) is 3.52. The van der Waals surface area contributed by atoms with Crippen LogP contribution in [0.3, 0.4) is 0 Å². The Bertz CT molecular complexity index is 925. The first-order chi connectivity index (χ1) is 13.4. The molecule has 150 valence electrons. The topological polar surface area (TPSA) is 66.5 Å². The van der Waals surface area contributed by atoms with Gasteiger partial charge in [0, 0.05) is 18.0 Å². The zero-order chi connectivity index (χ0) is 19.7. The summed E-state index contributed by atoms with van der Waals surface area (Å²) in [4.78, 5) is 14.1. The molecule has 1 aliphatic heterocycles. The zero-order valence-electron chi connectivity index (χ0n) is 15.4. The molecular weight excluding hydrogens is 399 g/mol. The molecule has 0 bridgehead atoms. The van der Waals surface area contributed by atoms with E-state index in [1.54, 1.807) is 11.3 Å². The van der Waals surface area contributed by atoms with Crippen LogP contribution in [0.4, 0.5) is 4.39 Å². The molecule has 2 aromatic rings. The van der Waals surface area contributed by atoms with Gasteiger partial charge in [-0.05, 0) is 67.3 Å². The van der Waals surface area contributed by atoms with E-state index in [2.05, 4.69) is 5.32 Å². The van der Waals surface area contributed by atoms with Crippen LogP contribution in [-0.4, -0.2) is 31.7 Å². The molecule has 0 spiro atoms. The predicted molar refractivity (Wildman–Crippen MR) is 106 cm³/mol. The molecule has 5 nitrogen and oxygen atoms in total. The van der Waals surface area contributed by atoms with Gasteiger partial charge in [-0.2, -0.15) is 4.31 Å². The van der Waals surface area contributed by atoms with Crippen LogP contribution in [0, 0.1) is 17.7 Å². The van der Waals surface area contributed by atoms with Crippen molar-refractivity contribution in [1.29, 1.82) is 0 Å². The average molecular weight is 423 g/mol. The second kappa shape index (κ2) is 7.93. The van der Waals surface area contributed by atoms with Gasteiger partial charge in [0.2, 0.25) is 15.9 Å². The number of carbonyl (C=O) groups is 1. The number of hydrogen-bond donors (Lipinski definition) is 1. The SMILES string of the molecule is O=C(NC(c1cccs1)C1CC1)C1CCCN(S(=O)(=O)c2ccc(F)cc2)C1. The van der Waals surface area contributed by atoms with E-state index in [-0.39, 0.29) is 29.3 Å². The maximum atomic E-state index is 13.1. The molecule has 2 aliphatic rings. The van der Waals surface area contributed by atoms with Gasteiger partial charge < -0.3 is 5.32 Å². The highest BCUT2D eigenvalue weighted by Crippen LogP contribution is 2.42. The predicted octanol–water partition coefficient (Wildman–Crippen LogP) is 3.56. The van der Waals surface area contributed by atoms with Crippen molar-refractivity contribution in [2.75, 3.05) is 13.1 Å². The molecule has 0 radical (unpaired) electrons. The van der Waals surface area contributed by atoms with E-state index in [0.717, 1.165) is 29.9 Å². The molecule has 1 amide bonds. The molecule has 2 atom stereocenters. The maximum Gasteiger partial charge on any atom is 0.243 e. The fourth-order valence-electron chi connectivity index (χ4n) is 3.72. The molecule has 4 rings (SSSR count). The van der Waals surface area contributed by atoms with Gasteiger partial charge in [-0.25, -0.2) is 12.8 Å². The molecule has 1 saturated carbocycles. The minimum Gasteiger partial charge on any atom is -0.348 e. The Morgan fingerprint density at radius 1 is 1.18 bits per heavy atom. The van der Waals surface area contributed by atoms with Crippen LogP contribution >= 0.6 is 11.3 Å². The number of hydrogen-bond acceptors (Lipinski definition) is 4. The molecule has 1 saturated heterocycles. The molecular formula is C20H23FN2O3S2. The highest BCUT2D eigenvalue weighted by atomic mass is 32.2. The number of carbonyl (C=O) groups excluding carboxylic acids is 1. The van der Waals surface area contributed by atoms with E-state index < -0.39 is 15.8 Å². The van der Waals surface area contributed by atoms with Gasteiger partial charge in [0.1, 0.15) is 5.82 Å². The number of benzene rings is 1. The van der Waals surface area contributed by atoms with E-state index in [0.29, 0.717) is 25.3 Å². The van der Waals surface area contributed by atoms with Crippen molar-refractivity contribution in [3.05, 3.63) is 52.5 Å². The van der Waals surface area contributed by atoms with Gasteiger partial charge in [-0.1, -0.05) is 6.07 Å². The Hall–Kier alpha value is -1.77. The van der Waals surface area contributed by atoms with Gasteiger partial charge in [0.25, 0.3) is 0 Å². The van der Waals surface area contributed by atoms with Crippen LogP contribution < -0.4 is 5.32 Å². The maximum absolute atomic E-state index is 13.1. The van der Waals surface area contributed by atoms with Crippen LogP contribution in [-0.2, 0) is 14.8 Å². The van der Waals surface area contributed by atoms with E-state index in [1.807, 2.05) is 17.5 Å². The van der Waals surface area contributed by atoms with E-state index >= 15 is 0 Å². The quantitative estimate of drug-likeness (QED) is 0.774. The Kier molecular flexibility index (Phi) is 5.53. The molecule has 2 heterocycles. The molecule has 8 heteroatoms. The van der Waals surface area contributed by atoms with Crippen molar-refractivity contribution in [2.24, 2.45) is 11.8 Å². The summed E-state index contributed by atoms with van der Waals surface area (Å²) in [5.41, 5.74) is 0. The number of piperidine rings is 1. The van der Waals surface area contributed by atoms with Crippen LogP contribution in [0.15, 0.2) is 46.7 Å². The van der Waals surface area contributed by atoms with Gasteiger partial charge >= 0.3 is 0 Å². The van der Waals surface area contributed by atoms with Crippen molar-refractivity contribution in [2.45, 2.75) is 36.6 Å². The lowest BCUT2D eigenvalue weighted by molar-refractivity contribution is -0.127. The summed E-state index contributed by atoms with van der Waals surface area (Å²) in [5.74, 6) is -0.450. The Balaban J connectivity index is 1.45. The molecule has 28 heavy (non-hydrogen) atoms. The molecule has 1 aliphatic carbocycles. The van der Waals surface area contributed by atoms with Gasteiger partial charge in [-0.3, -0.25) is 4.79 Å². The molecule has 1 aromatic heterocycles. The lowest BCUT2D eigenvalue weighted by atomic mass is 9.98. The number of amides is 1. The Labute approximate surface area is 168 Å². The standard InChI is InChI=1S/C20H23FN2O3S2/c21-16-7-9-17(10-8-16)28(25,26)23-11-1-3-15(13-23)20(24)22-19(14-5-6-14)18-4-2-12-27-18/h2,4,7-10,12,14-15,19H,1,3,5-6,11,13H2,(H,22,24). The molecule has 2 unspecified atom stereocenters. The fraction of sp³-hybridized carbons (Fsp3) is 0.450. The highest BCUT2D eigenvalue weighted by Gasteiger charge is 2.38. The number of nitrogens with zero attached hydrogens (tertiary/aromatic N) is 1. The average Bonchev–Trinajstić information content (AvgIpc) is 3.40. The van der Waals surface area contributed by atoms with E-state index in [9.17, 15) is 17.6 Å². The summed E-state index contributed by atoms with van der Waals surface area (Å²) in [5, 5.41) is 5.18. The number of rotatable bonds is 6. The van der Waals surface area contributed by atoms with Crippen LogP contribution in [0.5, 0.6) is 0 Å². The molecule has 1 aromatic carbocycles. The lowest BCUT2D eigenvalue weighted by Crippen LogP contribution is -2.46. The monoisotopic (exact) mass is 422 g/mol. The number of sulfonamides is 1. The summed E-state index contributed by atoms with van der Waals surface area (Å²) >= 11 is 1.64. The second-order valence-corrected chi connectivity index (χ2v) is 10.4. The van der Waals surface area contributed by atoms with E-state index in [1.165, 1.54) is 16.4 Å². The zero-order valence-corrected chi connectivity index (χ0v) is 17.0. The first-order valence-electron chi connectivity index (χ1n) is 9.54. The minimum absolute atomic E-state index is 0.0246. The van der Waals surface area contributed by atoms with Crippen LogP contribution in [0.1, 0.15) is 36.6 Å². The van der Waals surface area contributed by atoms with Crippen molar-refractivity contribution < 1.29 is 17.6 Å². The normalized spacial score (nSPS) is 22.0. The Morgan fingerprint density at radius 3 is 2.57 bits per heavy atom. The summed E-state index contributed by atoms with van der Waals surface area (Å²) in [6, 6.07) is 8.88. The summed E-state index contributed by atoms with van der Waals surface area (Å²) in [6.45, 7) is 0.536. The molecule has 2 fully saturated rings. The van der Waals surface area contributed by atoms with Crippen molar-refractivity contribution in [1.82, 2.24) is 9.62 Å². The second-order valence-electron chi connectivity index (χ2n) is 7.50. The van der Waals surface area contributed by atoms with Crippen molar-refractivity contribution >= 4 is 27.3 Å². The third-order valence-electron chi connectivity index (χ3n) is 5.45. The van der Waals surface area contributed by atoms with Crippen molar-refractivity contribution in [3.8, 4) is 0 Å². The largest absolute Gasteiger partial charge is 0.348 e. The number of halogens is 1. The summed E-state index contributed by atoms with van der Waals surface area (Å²) < 4.78 is 40.2. The first kappa shape index (κ1) is 19.5. The van der Waals surface area contributed by atoms with Crippen molar-refractivity contribution in [3.63, 3.8) is 0 Å².